The quantitative estimate of drug-likeness (QED) is 0.638. The molecule has 12 heavy (non-hydrogen) atoms. The van der Waals surface area contributed by atoms with Crippen LogP contribution in [0.3, 0.4) is 0 Å². The van der Waals surface area contributed by atoms with E-state index in [1.807, 2.05) is 6.92 Å². The standard InChI is InChI=1S/C9H16O3/c1-7(6-11-2)12-9-4-3-8(10)5-9/h7,9H,3-6H2,1-2H3. The van der Waals surface area contributed by atoms with Crippen LogP contribution in [0.5, 0.6) is 0 Å². The summed E-state index contributed by atoms with van der Waals surface area (Å²) < 4.78 is 10.5. The Kier molecular flexibility index (Phi) is 3.69. The van der Waals surface area contributed by atoms with E-state index in [0.717, 1.165) is 6.42 Å². The summed E-state index contributed by atoms with van der Waals surface area (Å²) in [5, 5.41) is 0. The number of methoxy groups -OCH3 is 1. The Labute approximate surface area is 73.0 Å². The highest BCUT2D eigenvalue weighted by atomic mass is 16.5. The highest BCUT2D eigenvalue weighted by Gasteiger charge is 2.24. The van der Waals surface area contributed by atoms with Crippen molar-refractivity contribution in [1.29, 1.82) is 0 Å². The molecule has 0 amide bonds. The minimum absolute atomic E-state index is 0.103. The molecule has 1 saturated carbocycles. The molecule has 1 rings (SSSR count). The highest BCUT2D eigenvalue weighted by Crippen LogP contribution is 2.19. The van der Waals surface area contributed by atoms with E-state index < -0.39 is 0 Å². The molecule has 0 aromatic rings. The Balaban J connectivity index is 2.18. The number of ketones is 1. The summed E-state index contributed by atoms with van der Waals surface area (Å²) in [4.78, 5) is 10.9. The van der Waals surface area contributed by atoms with Crippen LogP contribution in [0, 0.1) is 0 Å². The van der Waals surface area contributed by atoms with Crippen molar-refractivity contribution in [3.63, 3.8) is 0 Å². The van der Waals surface area contributed by atoms with E-state index in [4.69, 9.17) is 9.47 Å². The first-order valence-electron chi connectivity index (χ1n) is 4.38. The number of ether oxygens (including phenoxy) is 2. The predicted molar refractivity (Wildman–Crippen MR) is 45.1 cm³/mol. The molecule has 0 N–H and O–H groups in total. The number of rotatable bonds is 4. The lowest BCUT2D eigenvalue weighted by Gasteiger charge is -2.16. The molecule has 0 aromatic carbocycles. The zero-order valence-corrected chi connectivity index (χ0v) is 7.71. The summed E-state index contributed by atoms with van der Waals surface area (Å²) in [6, 6.07) is 0. The molecule has 0 aromatic heterocycles. The molecule has 1 aliphatic rings. The molecule has 2 atom stereocenters. The van der Waals surface area contributed by atoms with E-state index in [9.17, 15) is 4.79 Å². The van der Waals surface area contributed by atoms with Crippen LogP contribution in [-0.2, 0) is 14.3 Å². The van der Waals surface area contributed by atoms with Gasteiger partial charge in [-0.1, -0.05) is 0 Å². The molecular formula is C9H16O3. The van der Waals surface area contributed by atoms with Crippen molar-refractivity contribution in [2.24, 2.45) is 0 Å². The third kappa shape index (κ3) is 2.91. The largest absolute Gasteiger partial charge is 0.382 e. The van der Waals surface area contributed by atoms with Gasteiger partial charge in [-0.25, -0.2) is 0 Å². The van der Waals surface area contributed by atoms with Crippen molar-refractivity contribution in [3.05, 3.63) is 0 Å². The summed E-state index contributed by atoms with van der Waals surface area (Å²) >= 11 is 0. The lowest BCUT2D eigenvalue weighted by molar-refractivity contribution is -0.118. The molecule has 2 unspecified atom stereocenters. The Morgan fingerprint density at radius 1 is 1.67 bits per heavy atom. The van der Waals surface area contributed by atoms with Crippen LogP contribution >= 0.6 is 0 Å². The molecule has 1 aliphatic carbocycles. The summed E-state index contributed by atoms with van der Waals surface area (Å²) in [6.07, 6.45) is 2.40. The van der Waals surface area contributed by atoms with Crippen molar-refractivity contribution in [3.8, 4) is 0 Å². The monoisotopic (exact) mass is 172 g/mol. The number of carbonyl (C=O) groups is 1. The van der Waals surface area contributed by atoms with Crippen LogP contribution in [0.1, 0.15) is 26.2 Å². The van der Waals surface area contributed by atoms with Gasteiger partial charge >= 0.3 is 0 Å². The van der Waals surface area contributed by atoms with Gasteiger partial charge in [0.25, 0.3) is 0 Å². The molecule has 3 heteroatoms. The van der Waals surface area contributed by atoms with Crippen molar-refractivity contribution < 1.29 is 14.3 Å². The van der Waals surface area contributed by atoms with E-state index in [1.54, 1.807) is 7.11 Å². The van der Waals surface area contributed by atoms with Crippen LogP contribution in [0.4, 0.5) is 0 Å². The van der Waals surface area contributed by atoms with Crippen LogP contribution in [0.2, 0.25) is 0 Å². The molecule has 0 aliphatic heterocycles. The van der Waals surface area contributed by atoms with E-state index in [-0.39, 0.29) is 12.2 Å². The van der Waals surface area contributed by atoms with E-state index >= 15 is 0 Å². The van der Waals surface area contributed by atoms with Crippen LogP contribution in [0.25, 0.3) is 0 Å². The number of hydrogen-bond acceptors (Lipinski definition) is 3. The summed E-state index contributed by atoms with van der Waals surface area (Å²) in [5.74, 6) is 0.324. The lowest BCUT2D eigenvalue weighted by atomic mass is 10.3. The maximum atomic E-state index is 10.9. The topological polar surface area (TPSA) is 35.5 Å². The fraction of sp³-hybridized carbons (Fsp3) is 0.889. The maximum absolute atomic E-state index is 10.9. The third-order valence-electron chi connectivity index (χ3n) is 2.03. The third-order valence-corrected chi connectivity index (χ3v) is 2.03. The average molecular weight is 172 g/mol. The first-order chi connectivity index (χ1) is 5.72. The Bertz CT molecular complexity index is 156. The van der Waals surface area contributed by atoms with E-state index in [1.165, 1.54) is 0 Å². The van der Waals surface area contributed by atoms with Crippen molar-refractivity contribution in [2.75, 3.05) is 13.7 Å². The van der Waals surface area contributed by atoms with Gasteiger partial charge in [0.05, 0.1) is 18.8 Å². The van der Waals surface area contributed by atoms with Crippen LogP contribution in [-0.4, -0.2) is 31.7 Å². The van der Waals surface area contributed by atoms with Gasteiger partial charge in [-0.3, -0.25) is 4.79 Å². The smallest absolute Gasteiger partial charge is 0.135 e. The highest BCUT2D eigenvalue weighted by molar-refractivity contribution is 5.81. The van der Waals surface area contributed by atoms with Gasteiger partial charge < -0.3 is 9.47 Å². The molecule has 0 bridgehead atoms. The summed E-state index contributed by atoms with van der Waals surface area (Å²) in [5.41, 5.74) is 0. The minimum atomic E-state index is 0.103. The lowest BCUT2D eigenvalue weighted by Crippen LogP contribution is -2.21. The second-order valence-corrected chi connectivity index (χ2v) is 3.31. The number of hydrogen-bond donors (Lipinski definition) is 0. The van der Waals surface area contributed by atoms with Crippen molar-refractivity contribution in [2.45, 2.75) is 38.4 Å². The summed E-state index contributed by atoms with van der Waals surface area (Å²) in [7, 11) is 1.65. The fourth-order valence-corrected chi connectivity index (χ4v) is 1.50. The van der Waals surface area contributed by atoms with Gasteiger partial charge in [-0.05, 0) is 13.3 Å². The van der Waals surface area contributed by atoms with E-state index in [2.05, 4.69) is 0 Å². The van der Waals surface area contributed by atoms with Crippen LogP contribution in [0.15, 0.2) is 0 Å². The molecule has 3 nitrogen and oxygen atoms in total. The molecule has 0 radical (unpaired) electrons. The molecular weight excluding hydrogens is 156 g/mol. The second kappa shape index (κ2) is 4.58. The Morgan fingerprint density at radius 3 is 2.92 bits per heavy atom. The normalized spacial score (nSPS) is 26.2. The molecule has 0 spiro atoms. The zero-order valence-electron chi connectivity index (χ0n) is 7.71. The van der Waals surface area contributed by atoms with Crippen LogP contribution < -0.4 is 0 Å². The van der Waals surface area contributed by atoms with Gasteiger partial charge in [0.15, 0.2) is 0 Å². The number of Topliss-reactive ketones (excluding diaryl/α,β-unsaturated/α-hetero) is 1. The molecule has 1 fully saturated rings. The maximum Gasteiger partial charge on any atom is 0.135 e. The van der Waals surface area contributed by atoms with Gasteiger partial charge in [0, 0.05) is 20.0 Å². The number of carbonyl (C=O) groups excluding carboxylic acids is 1. The van der Waals surface area contributed by atoms with Gasteiger partial charge in [-0.15, -0.1) is 0 Å². The SMILES string of the molecule is COCC(C)OC1CCC(=O)C1. The minimum Gasteiger partial charge on any atom is -0.382 e. The van der Waals surface area contributed by atoms with Crippen molar-refractivity contribution in [1.82, 2.24) is 0 Å². The average Bonchev–Trinajstić information content (AvgIpc) is 2.36. The molecule has 70 valence electrons. The Hall–Kier alpha value is -0.410. The van der Waals surface area contributed by atoms with Gasteiger partial charge in [0.1, 0.15) is 5.78 Å². The second-order valence-electron chi connectivity index (χ2n) is 3.31. The first-order valence-corrected chi connectivity index (χ1v) is 4.38. The van der Waals surface area contributed by atoms with E-state index in [0.29, 0.717) is 25.2 Å². The Morgan fingerprint density at radius 2 is 2.42 bits per heavy atom. The van der Waals surface area contributed by atoms with Crippen molar-refractivity contribution >= 4 is 5.78 Å². The molecule has 0 saturated heterocycles. The molecule has 0 heterocycles. The predicted octanol–water partition coefficient (Wildman–Crippen LogP) is 1.16. The fourth-order valence-electron chi connectivity index (χ4n) is 1.50. The van der Waals surface area contributed by atoms with Gasteiger partial charge in [-0.2, -0.15) is 0 Å². The van der Waals surface area contributed by atoms with Gasteiger partial charge in [0.2, 0.25) is 0 Å². The summed E-state index contributed by atoms with van der Waals surface area (Å²) in [6.45, 7) is 2.57. The first kappa shape index (κ1) is 9.68. The zero-order chi connectivity index (χ0) is 8.97.